The lowest BCUT2D eigenvalue weighted by molar-refractivity contribution is 0.0930. The highest BCUT2D eigenvalue weighted by atomic mass is 15.3. The van der Waals surface area contributed by atoms with E-state index in [2.05, 4.69) is 46.4 Å². The molecule has 16 heavy (non-hydrogen) atoms. The summed E-state index contributed by atoms with van der Waals surface area (Å²) in [6, 6.07) is 9.34. The van der Waals surface area contributed by atoms with Crippen LogP contribution >= 0.6 is 0 Å². The Morgan fingerprint density at radius 2 is 2.12 bits per heavy atom. The molecular weight excluding hydrogens is 198 g/mol. The first kappa shape index (κ1) is 10.1. The summed E-state index contributed by atoms with van der Waals surface area (Å²) < 4.78 is 0. The number of hydrogen-bond donors (Lipinski definition) is 1. The van der Waals surface area contributed by atoms with E-state index in [1.807, 2.05) is 0 Å². The van der Waals surface area contributed by atoms with Gasteiger partial charge in [0.1, 0.15) is 0 Å². The fourth-order valence-corrected chi connectivity index (χ4v) is 2.73. The minimum absolute atomic E-state index is 0.658. The Balaban J connectivity index is 1.84. The average molecular weight is 217 g/mol. The smallest absolute Gasteiger partial charge is 0.0399 e. The molecule has 0 bridgehead atoms. The van der Waals surface area contributed by atoms with Gasteiger partial charge in [-0.3, -0.25) is 4.90 Å². The van der Waals surface area contributed by atoms with E-state index in [0.717, 1.165) is 13.1 Å². The van der Waals surface area contributed by atoms with E-state index < -0.39 is 0 Å². The summed E-state index contributed by atoms with van der Waals surface area (Å²) >= 11 is 0. The molecule has 1 N–H and O–H groups in total. The molecule has 0 unspecified atom stereocenters. The van der Waals surface area contributed by atoms with E-state index in [1.165, 1.54) is 30.9 Å². The zero-order valence-electron chi connectivity index (χ0n) is 9.82. The molecule has 0 radical (unpaired) electrons. The normalized spacial score (nSPS) is 26.4. The van der Waals surface area contributed by atoms with Gasteiger partial charge >= 0.3 is 0 Å². The predicted octanol–water partition coefficient (Wildman–Crippen LogP) is 1.23. The third-order valence-electron chi connectivity index (χ3n) is 3.73. The number of likely N-dealkylation sites (N-methyl/N-ethyl adjacent to an activating group) is 1. The van der Waals surface area contributed by atoms with Crippen molar-refractivity contribution in [2.45, 2.75) is 12.6 Å². The SMILES string of the molecule is CN1CCN2Cc3ccccc3NC[C@H]2C1. The van der Waals surface area contributed by atoms with Crippen LogP contribution in [-0.2, 0) is 6.54 Å². The van der Waals surface area contributed by atoms with Gasteiger partial charge < -0.3 is 10.2 Å². The van der Waals surface area contributed by atoms with Gasteiger partial charge in [0.15, 0.2) is 0 Å². The summed E-state index contributed by atoms with van der Waals surface area (Å²) in [5.74, 6) is 0. The standard InChI is InChI=1S/C13H19N3/c1-15-6-7-16-9-11-4-2-3-5-13(11)14-8-12(16)10-15/h2-5,12,14H,6-10H2,1H3/t12-/m0/s1. The molecule has 1 aromatic carbocycles. The minimum atomic E-state index is 0.658. The van der Waals surface area contributed by atoms with Crippen LogP contribution in [0.1, 0.15) is 5.56 Å². The van der Waals surface area contributed by atoms with Crippen LogP contribution in [-0.4, -0.2) is 49.1 Å². The highest BCUT2D eigenvalue weighted by Gasteiger charge is 2.27. The number of benzene rings is 1. The Bertz CT molecular complexity index is 377. The maximum atomic E-state index is 3.58. The van der Waals surface area contributed by atoms with Crippen LogP contribution in [0.5, 0.6) is 0 Å². The van der Waals surface area contributed by atoms with Gasteiger partial charge in [0, 0.05) is 44.5 Å². The summed E-state index contributed by atoms with van der Waals surface area (Å²) in [6.45, 7) is 5.74. The number of piperazine rings is 1. The van der Waals surface area contributed by atoms with Crippen LogP contribution in [0.25, 0.3) is 0 Å². The maximum Gasteiger partial charge on any atom is 0.0399 e. The molecule has 3 rings (SSSR count). The van der Waals surface area contributed by atoms with Crippen molar-refractivity contribution in [1.82, 2.24) is 9.80 Å². The Kier molecular flexibility index (Phi) is 2.58. The second-order valence-electron chi connectivity index (χ2n) is 4.92. The van der Waals surface area contributed by atoms with Crippen LogP contribution in [0.2, 0.25) is 0 Å². The van der Waals surface area contributed by atoms with E-state index >= 15 is 0 Å². The molecule has 1 atom stereocenters. The van der Waals surface area contributed by atoms with Crippen molar-refractivity contribution in [3.63, 3.8) is 0 Å². The topological polar surface area (TPSA) is 18.5 Å². The van der Waals surface area contributed by atoms with Gasteiger partial charge in [0.25, 0.3) is 0 Å². The summed E-state index contributed by atoms with van der Waals surface area (Å²) in [5, 5.41) is 3.58. The van der Waals surface area contributed by atoms with Crippen molar-refractivity contribution >= 4 is 5.69 Å². The molecule has 0 spiro atoms. The lowest BCUT2D eigenvalue weighted by Crippen LogP contribution is -2.53. The Morgan fingerprint density at radius 3 is 3.06 bits per heavy atom. The van der Waals surface area contributed by atoms with Gasteiger partial charge in [0.05, 0.1) is 0 Å². The fraction of sp³-hybridized carbons (Fsp3) is 0.538. The van der Waals surface area contributed by atoms with Crippen LogP contribution in [0.4, 0.5) is 5.69 Å². The first-order valence-corrected chi connectivity index (χ1v) is 6.07. The zero-order chi connectivity index (χ0) is 11.0. The van der Waals surface area contributed by atoms with Crippen molar-refractivity contribution in [1.29, 1.82) is 0 Å². The third-order valence-corrected chi connectivity index (χ3v) is 3.73. The molecule has 1 saturated heterocycles. The molecule has 0 saturated carbocycles. The number of rotatable bonds is 0. The fourth-order valence-electron chi connectivity index (χ4n) is 2.73. The van der Waals surface area contributed by atoms with Crippen molar-refractivity contribution < 1.29 is 0 Å². The van der Waals surface area contributed by atoms with Gasteiger partial charge in [0.2, 0.25) is 0 Å². The maximum absolute atomic E-state index is 3.58. The molecule has 0 amide bonds. The number of hydrogen-bond acceptors (Lipinski definition) is 3. The summed E-state index contributed by atoms with van der Waals surface area (Å²) in [4.78, 5) is 5.04. The number of anilines is 1. The molecule has 0 aromatic heterocycles. The lowest BCUT2D eigenvalue weighted by atomic mass is 10.1. The van der Waals surface area contributed by atoms with Gasteiger partial charge in [-0.1, -0.05) is 18.2 Å². The van der Waals surface area contributed by atoms with Crippen molar-refractivity contribution in [3.05, 3.63) is 29.8 Å². The average Bonchev–Trinajstić information content (AvgIpc) is 2.48. The molecule has 3 heteroatoms. The van der Waals surface area contributed by atoms with Gasteiger partial charge in [-0.25, -0.2) is 0 Å². The molecule has 2 aliphatic rings. The van der Waals surface area contributed by atoms with Crippen LogP contribution < -0.4 is 5.32 Å². The minimum Gasteiger partial charge on any atom is -0.383 e. The van der Waals surface area contributed by atoms with E-state index in [9.17, 15) is 0 Å². The highest BCUT2D eigenvalue weighted by molar-refractivity contribution is 5.52. The highest BCUT2D eigenvalue weighted by Crippen LogP contribution is 2.23. The predicted molar refractivity (Wildman–Crippen MR) is 66.6 cm³/mol. The monoisotopic (exact) mass is 217 g/mol. The first-order valence-electron chi connectivity index (χ1n) is 6.07. The Hall–Kier alpha value is -1.06. The Morgan fingerprint density at radius 1 is 1.25 bits per heavy atom. The van der Waals surface area contributed by atoms with E-state index in [1.54, 1.807) is 0 Å². The van der Waals surface area contributed by atoms with Crippen molar-refractivity contribution in [3.8, 4) is 0 Å². The zero-order valence-corrected chi connectivity index (χ0v) is 9.82. The van der Waals surface area contributed by atoms with Crippen LogP contribution in [0, 0.1) is 0 Å². The van der Waals surface area contributed by atoms with E-state index in [-0.39, 0.29) is 0 Å². The Labute approximate surface area is 97.0 Å². The molecule has 2 aliphatic heterocycles. The molecule has 2 heterocycles. The second-order valence-corrected chi connectivity index (χ2v) is 4.92. The molecule has 1 fully saturated rings. The van der Waals surface area contributed by atoms with Crippen molar-refractivity contribution in [2.24, 2.45) is 0 Å². The largest absolute Gasteiger partial charge is 0.383 e. The molecule has 3 nitrogen and oxygen atoms in total. The van der Waals surface area contributed by atoms with Gasteiger partial charge in [-0.15, -0.1) is 0 Å². The number of nitrogens with one attached hydrogen (secondary N) is 1. The van der Waals surface area contributed by atoms with Crippen molar-refractivity contribution in [2.75, 3.05) is 38.5 Å². The summed E-state index contributed by atoms with van der Waals surface area (Å²) in [6.07, 6.45) is 0. The molecule has 0 aliphatic carbocycles. The van der Waals surface area contributed by atoms with Crippen LogP contribution in [0.3, 0.4) is 0 Å². The van der Waals surface area contributed by atoms with Gasteiger partial charge in [-0.05, 0) is 18.7 Å². The third kappa shape index (κ3) is 1.81. The summed E-state index contributed by atoms with van der Waals surface area (Å²) in [7, 11) is 2.22. The number of fused-ring (bicyclic) bond motifs is 2. The van der Waals surface area contributed by atoms with Gasteiger partial charge in [-0.2, -0.15) is 0 Å². The lowest BCUT2D eigenvalue weighted by Gasteiger charge is -2.38. The summed E-state index contributed by atoms with van der Waals surface area (Å²) in [5.41, 5.74) is 2.76. The second kappa shape index (κ2) is 4.07. The van der Waals surface area contributed by atoms with E-state index in [0.29, 0.717) is 6.04 Å². The molecule has 1 aromatic rings. The van der Waals surface area contributed by atoms with Crippen LogP contribution in [0.15, 0.2) is 24.3 Å². The quantitative estimate of drug-likeness (QED) is 0.705. The number of nitrogens with zero attached hydrogens (tertiary/aromatic N) is 2. The first-order chi connectivity index (χ1) is 7.83. The number of para-hydroxylation sites is 1. The molecule has 86 valence electrons. The molecular formula is C13H19N3. The van der Waals surface area contributed by atoms with E-state index in [4.69, 9.17) is 0 Å².